The van der Waals surface area contributed by atoms with E-state index in [4.69, 9.17) is 10.5 Å². The van der Waals surface area contributed by atoms with Crippen LogP contribution in [0.15, 0.2) is 23.1 Å². The van der Waals surface area contributed by atoms with Gasteiger partial charge in [0.25, 0.3) is 0 Å². The Labute approximate surface area is 107 Å². The number of rotatable bonds is 3. The van der Waals surface area contributed by atoms with Crippen LogP contribution in [0.5, 0.6) is 0 Å². The van der Waals surface area contributed by atoms with E-state index >= 15 is 0 Å². The van der Waals surface area contributed by atoms with Gasteiger partial charge in [0, 0.05) is 12.3 Å². The molecule has 1 aromatic rings. The molecule has 0 amide bonds. The van der Waals surface area contributed by atoms with E-state index in [2.05, 4.69) is 4.72 Å². The largest absolute Gasteiger partial charge is 0.399 e. The summed E-state index contributed by atoms with van der Waals surface area (Å²) in [6.45, 7) is 4.57. The fourth-order valence-electron chi connectivity index (χ4n) is 2.10. The molecule has 0 bridgehead atoms. The number of hydrogen-bond acceptors (Lipinski definition) is 4. The molecular weight excluding hydrogens is 252 g/mol. The van der Waals surface area contributed by atoms with Crippen LogP contribution < -0.4 is 10.5 Å². The van der Waals surface area contributed by atoms with Crippen molar-refractivity contribution in [2.75, 3.05) is 18.9 Å². The fourth-order valence-corrected chi connectivity index (χ4v) is 3.75. The van der Waals surface area contributed by atoms with Gasteiger partial charge in [0.1, 0.15) is 0 Å². The molecule has 0 aliphatic carbocycles. The zero-order valence-electron chi connectivity index (χ0n) is 10.6. The maximum Gasteiger partial charge on any atom is 0.241 e. The van der Waals surface area contributed by atoms with Crippen LogP contribution in [0.1, 0.15) is 18.9 Å². The lowest BCUT2D eigenvalue weighted by atomic mass is 10.0. The van der Waals surface area contributed by atoms with Crippen molar-refractivity contribution < 1.29 is 13.2 Å². The molecule has 2 rings (SSSR count). The number of nitrogens with one attached hydrogen (secondary N) is 1. The third-order valence-corrected chi connectivity index (χ3v) is 4.89. The lowest BCUT2D eigenvalue weighted by Crippen LogP contribution is -2.46. The van der Waals surface area contributed by atoms with E-state index in [1.165, 1.54) is 6.07 Å². The molecule has 5 nitrogen and oxygen atoms in total. The molecule has 1 atom stereocenters. The van der Waals surface area contributed by atoms with E-state index in [9.17, 15) is 8.42 Å². The molecule has 3 N–H and O–H groups in total. The number of nitrogens with two attached hydrogens (primary N) is 1. The predicted molar refractivity (Wildman–Crippen MR) is 69.8 cm³/mol. The van der Waals surface area contributed by atoms with Gasteiger partial charge in [-0.25, -0.2) is 13.1 Å². The van der Waals surface area contributed by atoms with Gasteiger partial charge in [0.2, 0.25) is 10.0 Å². The summed E-state index contributed by atoms with van der Waals surface area (Å²) in [4.78, 5) is 0.268. The first kappa shape index (κ1) is 13.3. The Balaban J connectivity index is 2.30. The Hall–Kier alpha value is -1.11. The molecule has 6 heteroatoms. The summed E-state index contributed by atoms with van der Waals surface area (Å²) in [6, 6.07) is 4.78. The Morgan fingerprint density at radius 1 is 1.44 bits per heavy atom. The summed E-state index contributed by atoms with van der Waals surface area (Å²) in [5.41, 5.74) is 6.30. The number of hydrogen-bond donors (Lipinski definition) is 2. The van der Waals surface area contributed by atoms with E-state index in [-0.39, 0.29) is 4.90 Å². The third kappa shape index (κ3) is 2.66. The van der Waals surface area contributed by atoms with Crippen LogP contribution in [-0.2, 0) is 14.8 Å². The van der Waals surface area contributed by atoms with Crippen molar-refractivity contribution in [3.05, 3.63) is 23.8 Å². The van der Waals surface area contributed by atoms with Crippen LogP contribution in [-0.4, -0.2) is 27.2 Å². The molecule has 18 heavy (non-hydrogen) atoms. The number of ether oxygens (including phenoxy) is 1. The van der Waals surface area contributed by atoms with Crippen molar-refractivity contribution in [2.24, 2.45) is 0 Å². The van der Waals surface area contributed by atoms with Crippen molar-refractivity contribution in [3.63, 3.8) is 0 Å². The van der Waals surface area contributed by atoms with Gasteiger partial charge in [-0.1, -0.05) is 0 Å². The molecular formula is C12H18N2O3S. The van der Waals surface area contributed by atoms with Crippen molar-refractivity contribution in [2.45, 2.75) is 30.7 Å². The van der Waals surface area contributed by atoms with Gasteiger partial charge in [0.05, 0.1) is 17.0 Å². The lowest BCUT2D eigenvalue weighted by molar-refractivity contribution is 0.178. The molecule has 0 spiro atoms. The Kier molecular flexibility index (Phi) is 3.35. The highest BCUT2D eigenvalue weighted by Crippen LogP contribution is 2.23. The smallest absolute Gasteiger partial charge is 0.241 e. The van der Waals surface area contributed by atoms with E-state index in [0.29, 0.717) is 30.9 Å². The summed E-state index contributed by atoms with van der Waals surface area (Å²) < 4.78 is 32.6. The maximum absolute atomic E-state index is 12.3. The highest BCUT2D eigenvalue weighted by atomic mass is 32.2. The predicted octanol–water partition coefficient (Wildman–Crippen LogP) is 1.03. The fraction of sp³-hybridized carbons (Fsp3) is 0.500. The monoisotopic (exact) mass is 270 g/mol. The van der Waals surface area contributed by atoms with Crippen LogP contribution in [0.3, 0.4) is 0 Å². The van der Waals surface area contributed by atoms with Gasteiger partial charge in [0.15, 0.2) is 0 Å². The van der Waals surface area contributed by atoms with Gasteiger partial charge >= 0.3 is 0 Å². The summed E-state index contributed by atoms with van der Waals surface area (Å²) >= 11 is 0. The normalized spacial score (nSPS) is 24.3. The maximum atomic E-state index is 12.3. The second-order valence-corrected chi connectivity index (χ2v) is 6.64. The minimum absolute atomic E-state index is 0.268. The summed E-state index contributed by atoms with van der Waals surface area (Å²) in [5.74, 6) is 0. The number of anilines is 1. The summed E-state index contributed by atoms with van der Waals surface area (Å²) in [5, 5.41) is 0. The molecule has 1 saturated heterocycles. The average molecular weight is 270 g/mol. The minimum atomic E-state index is -3.54. The molecule has 0 radical (unpaired) electrons. The quantitative estimate of drug-likeness (QED) is 0.804. The molecule has 0 saturated carbocycles. The lowest BCUT2D eigenvalue weighted by Gasteiger charge is -2.23. The number of nitrogen functional groups attached to an aromatic ring is 1. The van der Waals surface area contributed by atoms with Crippen LogP contribution in [0.4, 0.5) is 5.69 Å². The Morgan fingerprint density at radius 3 is 2.72 bits per heavy atom. The highest BCUT2D eigenvalue weighted by molar-refractivity contribution is 7.89. The van der Waals surface area contributed by atoms with Crippen LogP contribution in [0.25, 0.3) is 0 Å². The van der Waals surface area contributed by atoms with Crippen LogP contribution in [0.2, 0.25) is 0 Å². The summed E-state index contributed by atoms with van der Waals surface area (Å²) in [6.07, 6.45) is 0.681. The van der Waals surface area contributed by atoms with Gasteiger partial charge in [-0.15, -0.1) is 0 Å². The van der Waals surface area contributed by atoms with Gasteiger partial charge < -0.3 is 10.5 Å². The van der Waals surface area contributed by atoms with Crippen molar-refractivity contribution in [1.82, 2.24) is 4.72 Å². The second-order valence-electron chi connectivity index (χ2n) is 4.99. The third-order valence-electron chi connectivity index (χ3n) is 3.09. The van der Waals surface area contributed by atoms with E-state index in [1.54, 1.807) is 19.1 Å². The van der Waals surface area contributed by atoms with E-state index in [0.717, 1.165) is 0 Å². The highest BCUT2D eigenvalue weighted by Gasteiger charge is 2.34. The molecule has 0 aromatic heterocycles. The number of sulfonamides is 1. The van der Waals surface area contributed by atoms with Crippen LogP contribution in [0, 0.1) is 6.92 Å². The van der Waals surface area contributed by atoms with Crippen LogP contribution >= 0.6 is 0 Å². The van der Waals surface area contributed by atoms with Crippen molar-refractivity contribution >= 4 is 15.7 Å². The second kappa shape index (κ2) is 4.53. The standard InChI is InChI=1S/C12H18N2O3S/c1-9-7-10(13)3-4-11(9)18(15,16)14-12(2)5-6-17-8-12/h3-4,7,14H,5-6,8,13H2,1-2H3. The Morgan fingerprint density at radius 2 is 2.17 bits per heavy atom. The molecule has 1 fully saturated rings. The summed E-state index contributed by atoms with van der Waals surface area (Å²) in [7, 11) is -3.54. The van der Waals surface area contributed by atoms with Gasteiger partial charge in [-0.3, -0.25) is 0 Å². The van der Waals surface area contributed by atoms with Gasteiger partial charge in [-0.2, -0.15) is 0 Å². The number of aryl methyl sites for hydroxylation is 1. The van der Waals surface area contributed by atoms with E-state index in [1.807, 2.05) is 6.92 Å². The first-order chi connectivity index (χ1) is 8.32. The SMILES string of the molecule is Cc1cc(N)ccc1S(=O)(=O)NC1(C)CCOC1. The zero-order valence-corrected chi connectivity index (χ0v) is 11.4. The van der Waals surface area contributed by atoms with E-state index < -0.39 is 15.6 Å². The molecule has 1 aromatic carbocycles. The van der Waals surface area contributed by atoms with Crippen molar-refractivity contribution in [1.29, 1.82) is 0 Å². The van der Waals surface area contributed by atoms with Gasteiger partial charge in [-0.05, 0) is 44.0 Å². The zero-order chi connectivity index (χ0) is 13.4. The molecule has 1 unspecified atom stereocenters. The topological polar surface area (TPSA) is 81.4 Å². The molecule has 1 aliphatic rings. The number of benzene rings is 1. The minimum Gasteiger partial charge on any atom is -0.399 e. The first-order valence-electron chi connectivity index (χ1n) is 5.80. The van der Waals surface area contributed by atoms with Crippen molar-refractivity contribution in [3.8, 4) is 0 Å². The molecule has 1 aliphatic heterocycles. The first-order valence-corrected chi connectivity index (χ1v) is 7.29. The average Bonchev–Trinajstić information content (AvgIpc) is 2.62. The molecule has 1 heterocycles. The Bertz CT molecular complexity index is 548. The molecule has 100 valence electrons.